The number of nitrogens with zero attached hydrogens (tertiary/aromatic N) is 3. The third-order valence-corrected chi connectivity index (χ3v) is 8.13. The van der Waals surface area contributed by atoms with E-state index in [4.69, 9.17) is 14.4 Å². The Morgan fingerprint density at radius 1 is 0.564 bits per heavy atom. The highest BCUT2D eigenvalue weighted by Crippen LogP contribution is 2.38. The number of furan rings is 1. The topological polar surface area (TPSA) is 43.9 Å². The molecule has 0 saturated heterocycles. The van der Waals surface area contributed by atoms with E-state index >= 15 is 0 Å². The maximum Gasteiger partial charge on any atom is 0.180 e. The summed E-state index contributed by atoms with van der Waals surface area (Å²) in [5, 5.41) is 3.47. The average Bonchev–Trinajstić information content (AvgIpc) is 3.54. The Balaban J connectivity index is 1.40. The Morgan fingerprint density at radius 2 is 1.21 bits per heavy atom. The van der Waals surface area contributed by atoms with Crippen molar-refractivity contribution in [2.45, 2.75) is 0 Å². The number of hydrogen-bond acceptors (Lipinski definition) is 3. The predicted octanol–water partition coefficient (Wildman–Crippen LogP) is 9.41. The van der Waals surface area contributed by atoms with Crippen molar-refractivity contribution in [3.05, 3.63) is 125 Å². The highest BCUT2D eigenvalue weighted by molar-refractivity contribution is 14.1. The van der Waals surface area contributed by atoms with Crippen molar-refractivity contribution in [1.29, 1.82) is 0 Å². The molecule has 5 heteroatoms. The Labute approximate surface area is 237 Å². The lowest BCUT2D eigenvalue weighted by atomic mass is 10.1. The summed E-state index contributed by atoms with van der Waals surface area (Å²) in [5.41, 5.74) is 8.55. The molecule has 0 aliphatic carbocycles. The normalized spacial score (nSPS) is 11.7. The smallest absolute Gasteiger partial charge is 0.180 e. The zero-order valence-electron chi connectivity index (χ0n) is 20.7. The van der Waals surface area contributed by atoms with Crippen molar-refractivity contribution >= 4 is 66.5 Å². The molecule has 0 spiro atoms. The first-order valence-electron chi connectivity index (χ1n) is 12.8. The van der Waals surface area contributed by atoms with Gasteiger partial charge < -0.3 is 8.98 Å². The fraction of sp³-hybridized carbons (Fsp3) is 0. The number of rotatable bonds is 3. The minimum absolute atomic E-state index is 0.672. The Kier molecular flexibility index (Phi) is 5.06. The monoisotopic (exact) mass is 613 g/mol. The molecule has 3 aromatic heterocycles. The van der Waals surface area contributed by atoms with Crippen LogP contribution in [0.4, 0.5) is 0 Å². The van der Waals surface area contributed by atoms with Gasteiger partial charge in [-0.3, -0.25) is 0 Å². The van der Waals surface area contributed by atoms with E-state index < -0.39 is 0 Å². The summed E-state index contributed by atoms with van der Waals surface area (Å²) < 4.78 is 9.77. The lowest BCUT2D eigenvalue weighted by Gasteiger charge is -2.10. The third kappa shape index (κ3) is 3.50. The molecule has 0 radical (unpaired) electrons. The highest BCUT2D eigenvalue weighted by Gasteiger charge is 2.20. The molecular formula is C34H20IN3O. The van der Waals surface area contributed by atoms with Gasteiger partial charge in [0.05, 0.1) is 14.6 Å². The molecule has 0 aliphatic rings. The standard InChI is InChI=1S/C34H20IN3O/c35-27-17-9-16-26-31-33(39-32(26)27)30(21-10-2-1-3-11-21)36-34(37-31)22-12-8-13-23(20-22)38-28-18-6-4-14-24(28)25-15-5-7-19-29(25)38/h1-20H. The molecule has 3 heterocycles. The van der Waals surface area contributed by atoms with Crippen LogP contribution in [0.1, 0.15) is 0 Å². The number of para-hydroxylation sites is 3. The Bertz CT molecular complexity index is 2140. The number of halogens is 1. The minimum Gasteiger partial charge on any atom is -0.451 e. The second kappa shape index (κ2) is 8.78. The summed E-state index contributed by atoms with van der Waals surface area (Å²) in [7, 11) is 0. The summed E-state index contributed by atoms with van der Waals surface area (Å²) >= 11 is 2.32. The van der Waals surface area contributed by atoms with Gasteiger partial charge in [-0.2, -0.15) is 0 Å². The molecule has 5 aromatic carbocycles. The van der Waals surface area contributed by atoms with Crippen LogP contribution >= 0.6 is 22.6 Å². The van der Waals surface area contributed by atoms with E-state index in [2.05, 4.69) is 124 Å². The van der Waals surface area contributed by atoms with Crippen molar-refractivity contribution in [2.24, 2.45) is 0 Å². The van der Waals surface area contributed by atoms with Gasteiger partial charge in [0.1, 0.15) is 11.2 Å². The Hall–Kier alpha value is -4.49. The molecule has 8 rings (SSSR count). The molecule has 39 heavy (non-hydrogen) atoms. The summed E-state index contributed by atoms with van der Waals surface area (Å²) in [5.74, 6) is 0.672. The van der Waals surface area contributed by atoms with Crippen LogP contribution in [0.2, 0.25) is 0 Å². The molecule has 0 unspecified atom stereocenters. The van der Waals surface area contributed by atoms with Gasteiger partial charge in [-0.05, 0) is 59.0 Å². The molecule has 0 bridgehead atoms. The fourth-order valence-corrected chi connectivity index (χ4v) is 6.14. The summed E-state index contributed by atoms with van der Waals surface area (Å²) in [6.07, 6.45) is 0. The molecule has 0 saturated carbocycles. The van der Waals surface area contributed by atoms with Crippen molar-refractivity contribution in [2.75, 3.05) is 0 Å². The van der Waals surface area contributed by atoms with Crippen molar-refractivity contribution < 1.29 is 4.42 Å². The van der Waals surface area contributed by atoms with E-state index in [0.717, 1.165) is 42.6 Å². The van der Waals surface area contributed by atoms with Gasteiger partial charge in [0.2, 0.25) is 0 Å². The van der Waals surface area contributed by atoms with E-state index in [-0.39, 0.29) is 0 Å². The summed E-state index contributed by atoms with van der Waals surface area (Å²) in [4.78, 5) is 10.2. The maximum atomic E-state index is 6.40. The molecule has 8 aromatic rings. The minimum atomic E-state index is 0.672. The van der Waals surface area contributed by atoms with E-state index in [1.807, 2.05) is 24.3 Å². The second-order valence-electron chi connectivity index (χ2n) is 9.58. The quantitative estimate of drug-likeness (QED) is 0.187. The van der Waals surface area contributed by atoms with Gasteiger partial charge in [-0.1, -0.05) is 84.9 Å². The summed E-state index contributed by atoms with van der Waals surface area (Å²) in [6, 6.07) is 42.0. The van der Waals surface area contributed by atoms with Gasteiger partial charge in [-0.25, -0.2) is 9.97 Å². The van der Waals surface area contributed by atoms with Crippen LogP contribution in [0, 0.1) is 3.57 Å². The number of hydrogen-bond donors (Lipinski definition) is 0. The van der Waals surface area contributed by atoms with Crippen molar-refractivity contribution in [3.8, 4) is 28.3 Å². The van der Waals surface area contributed by atoms with E-state index in [1.54, 1.807) is 0 Å². The zero-order chi connectivity index (χ0) is 25.9. The van der Waals surface area contributed by atoms with Crippen LogP contribution < -0.4 is 0 Å². The van der Waals surface area contributed by atoms with Gasteiger partial charge in [0.25, 0.3) is 0 Å². The van der Waals surface area contributed by atoms with Crippen LogP contribution in [-0.2, 0) is 0 Å². The average molecular weight is 613 g/mol. The second-order valence-corrected chi connectivity index (χ2v) is 10.7. The van der Waals surface area contributed by atoms with Crippen LogP contribution in [0.15, 0.2) is 126 Å². The maximum absolute atomic E-state index is 6.40. The van der Waals surface area contributed by atoms with Crippen LogP contribution in [0.25, 0.3) is 72.2 Å². The highest BCUT2D eigenvalue weighted by atomic mass is 127. The molecule has 4 nitrogen and oxygen atoms in total. The third-order valence-electron chi connectivity index (χ3n) is 7.28. The lowest BCUT2D eigenvalue weighted by Crippen LogP contribution is -1.97. The lowest BCUT2D eigenvalue weighted by molar-refractivity contribution is 0.665. The Morgan fingerprint density at radius 3 is 1.97 bits per heavy atom. The van der Waals surface area contributed by atoms with Gasteiger partial charge in [0, 0.05) is 33.0 Å². The molecular weight excluding hydrogens is 593 g/mol. The van der Waals surface area contributed by atoms with Crippen LogP contribution in [-0.4, -0.2) is 14.5 Å². The van der Waals surface area contributed by atoms with Gasteiger partial charge in [-0.15, -0.1) is 0 Å². The molecule has 0 aliphatic heterocycles. The van der Waals surface area contributed by atoms with Gasteiger partial charge >= 0.3 is 0 Å². The molecule has 0 N–H and O–H groups in total. The van der Waals surface area contributed by atoms with Crippen molar-refractivity contribution in [3.63, 3.8) is 0 Å². The zero-order valence-corrected chi connectivity index (χ0v) is 22.8. The largest absolute Gasteiger partial charge is 0.451 e. The summed E-state index contributed by atoms with van der Waals surface area (Å²) in [6.45, 7) is 0. The molecule has 0 fully saturated rings. The van der Waals surface area contributed by atoms with Crippen LogP contribution in [0.5, 0.6) is 0 Å². The van der Waals surface area contributed by atoms with E-state index in [9.17, 15) is 0 Å². The predicted molar refractivity (Wildman–Crippen MR) is 167 cm³/mol. The molecule has 0 atom stereocenters. The number of benzene rings is 5. The number of aromatic nitrogens is 3. The van der Waals surface area contributed by atoms with Gasteiger partial charge in [0.15, 0.2) is 17.0 Å². The molecule has 184 valence electrons. The SMILES string of the molecule is Ic1cccc2c1oc1c(-c3ccccc3)nc(-c3cccc(-n4c5ccccc5c5ccccc54)c3)nc12. The first kappa shape index (κ1) is 22.5. The van der Waals surface area contributed by atoms with Crippen LogP contribution in [0.3, 0.4) is 0 Å². The number of fused-ring (bicyclic) bond motifs is 6. The molecule has 0 amide bonds. The fourth-order valence-electron chi connectivity index (χ4n) is 5.54. The van der Waals surface area contributed by atoms with Crippen molar-refractivity contribution in [1.82, 2.24) is 14.5 Å². The first-order chi connectivity index (χ1) is 19.3. The van der Waals surface area contributed by atoms with E-state index in [0.29, 0.717) is 11.4 Å². The van der Waals surface area contributed by atoms with E-state index in [1.165, 1.54) is 21.8 Å². The first-order valence-corrected chi connectivity index (χ1v) is 13.9.